The third-order valence-electron chi connectivity index (χ3n) is 12.0. The van der Waals surface area contributed by atoms with Gasteiger partial charge in [-0.25, -0.2) is 0 Å². The van der Waals surface area contributed by atoms with Gasteiger partial charge in [0.15, 0.2) is 5.82 Å². The van der Waals surface area contributed by atoms with Crippen LogP contribution in [0.1, 0.15) is 0 Å². The van der Waals surface area contributed by atoms with Gasteiger partial charge in [0.05, 0.1) is 22.1 Å². The SMILES string of the molecule is c1ccc(-c2cccc(-c3ccc(-c4cccc(-c5cccc(-c6nc(-n7c8ccccc8c8ccccc87)nc(-n7c8ccccc8c8ccccc87)n6)c5)c4)cc3)c2)cc1. The molecule has 5 heteroatoms. The Kier molecular flexibility index (Phi) is 8.42. The Morgan fingerprint density at radius 1 is 0.226 bits per heavy atom. The quantitative estimate of drug-likeness (QED) is 0.162. The first kappa shape index (κ1) is 35.5. The number of hydrogen-bond acceptors (Lipinski definition) is 3. The van der Waals surface area contributed by atoms with E-state index in [2.05, 4.69) is 234 Å². The summed E-state index contributed by atoms with van der Waals surface area (Å²) in [5.74, 6) is 1.72. The number of fused-ring (bicyclic) bond motifs is 6. The van der Waals surface area contributed by atoms with Crippen molar-refractivity contribution in [3.63, 3.8) is 0 Å². The van der Waals surface area contributed by atoms with Crippen LogP contribution in [0.3, 0.4) is 0 Å². The third kappa shape index (κ3) is 6.06. The van der Waals surface area contributed by atoms with E-state index in [1.165, 1.54) is 22.3 Å². The zero-order valence-corrected chi connectivity index (χ0v) is 33.6. The lowest BCUT2D eigenvalue weighted by atomic mass is 9.95. The predicted octanol–water partition coefficient (Wildman–Crippen LogP) is 14.4. The van der Waals surface area contributed by atoms with Crippen molar-refractivity contribution in [1.82, 2.24) is 24.1 Å². The van der Waals surface area contributed by atoms with Crippen LogP contribution in [0.5, 0.6) is 0 Å². The van der Waals surface area contributed by atoms with E-state index in [0.29, 0.717) is 17.7 Å². The second kappa shape index (κ2) is 14.7. The predicted molar refractivity (Wildman–Crippen MR) is 256 cm³/mol. The van der Waals surface area contributed by atoms with E-state index in [1.807, 2.05) is 0 Å². The second-order valence-corrected chi connectivity index (χ2v) is 15.7. The molecule has 62 heavy (non-hydrogen) atoms. The summed E-state index contributed by atoms with van der Waals surface area (Å²) in [4.78, 5) is 15.9. The van der Waals surface area contributed by atoms with Gasteiger partial charge in [0.1, 0.15) is 0 Å². The number of aromatic nitrogens is 5. The van der Waals surface area contributed by atoms with Crippen LogP contribution in [0.2, 0.25) is 0 Å². The maximum atomic E-state index is 5.32. The zero-order chi connectivity index (χ0) is 41.0. The Morgan fingerprint density at radius 2 is 0.516 bits per heavy atom. The minimum absolute atomic E-state index is 0.562. The molecule has 0 atom stereocenters. The number of para-hydroxylation sites is 4. The average Bonchev–Trinajstić information content (AvgIpc) is 3.88. The number of nitrogens with zero attached hydrogens (tertiary/aromatic N) is 5. The first-order valence-electron chi connectivity index (χ1n) is 20.9. The summed E-state index contributed by atoms with van der Waals surface area (Å²) >= 11 is 0. The summed E-state index contributed by atoms with van der Waals surface area (Å²) in [7, 11) is 0. The molecule has 3 heterocycles. The van der Waals surface area contributed by atoms with Gasteiger partial charge in [-0.05, 0) is 87.0 Å². The van der Waals surface area contributed by atoms with Crippen LogP contribution >= 0.6 is 0 Å². The Hall–Kier alpha value is -8.41. The fourth-order valence-corrected chi connectivity index (χ4v) is 9.04. The molecule has 0 bridgehead atoms. The van der Waals surface area contributed by atoms with Crippen LogP contribution in [0.4, 0.5) is 0 Å². The van der Waals surface area contributed by atoms with Crippen LogP contribution in [-0.2, 0) is 0 Å². The minimum atomic E-state index is 0.562. The fourth-order valence-electron chi connectivity index (χ4n) is 9.04. The molecule has 9 aromatic carbocycles. The lowest BCUT2D eigenvalue weighted by Gasteiger charge is -2.13. The Morgan fingerprint density at radius 3 is 0.919 bits per heavy atom. The number of benzene rings is 9. The maximum absolute atomic E-state index is 5.32. The summed E-state index contributed by atoms with van der Waals surface area (Å²) in [5, 5.41) is 4.60. The highest BCUT2D eigenvalue weighted by molar-refractivity contribution is 6.10. The molecular formula is C57H37N5. The highest BCUT2D eigenvalue weighted by Gasteiger charge is 2.20. The van der Waals surface area contributed by atoms with Gasteiger partial charge in [-0.15, -0.1) is 0 Å². The Bertz CT molecular complexity index is 3400. The number of hydrogen-bond donors (Lipinski definition) is 0. The van der Waals surface area contributed by atoms with Crippen molar-refractivity contribution in [3.8, 4) is 67.8 Å². The van der Waals surface area contributed by atoms with E-state index in [-0.39, 0.29) is 0 Å². The standard InChI is InChI=1S/C57H37N5/c1-2-15-38(16-3-1)41-17-12-18-42(35-41)39-31-33-40(34-32-39)43-19-13-20-44(36-43)45-21-14-22-46(37-45)55-58-56(61-51-27-8-4-23-47(51)48-24-5-9-28-52(48)61)60-57(59-55)62-53-29-10-6-25-49(53)50-26-7-11-30-54(50)62/h1-37H. The van der Waals surface area contributed by atoms with E-state index < -0.39 is 0 Å². The molecule has 0 saturated heterocycles. The first-order chi connectivity index (χ1) is 30.7. The Balaban J connectivity index is 0.964. The molecule has 12 rings (SSSR count). The maximum Gasteiger partial charge on any atom is 0.240 e. The van der Waals surface area contributed by atoms with E-state index in [9.17, 15) is 0 Å². The summed E-state index contributed by atoms with van der Waals surface area (Å²) in [5.41, 5.74) is 14.4. The van der Waals surface area contributed by atoms with Gasteiger partial charge in [-0.2, -0.15) is 15.0 Å². The van der Waals surface area contributed by atoms with E-state index in [4.69, 9.17) is 15.0 Å². The van der Waals surface area contributed by atoms with E-state index in [0.717, 1.165) is 71.4 Å². The van der Waals surface area contributed by atoms with Crippen LogP contribution in [0.25, 0.3) is 111 Å². The highest BCUT2D eigenvalue weighted by Crippen LogP contribution is 2.36. The van der Waals surface area contributed by atoms with Crippen LogP contribution in [0, 0.1) is 0 Å². The lowest BCUT2D eigenvalue weighted by Crippen LogP contribution is -2.10. The summed E-state index contributed by atoms with van der Waals surface area (Å²) < 4.78 is 4.34. The van der Waals surface area contributed by atoms with Crippen LogP contribution in [0.15, 0.2) is 224 Å². The molecule has 0 N–H and O–H groups in total. The molecule has 0 spiro atoms. The van der Waals surface area contributed by atoms with Gasteiger partial charge in [-0.1, -0.05) is 182 Å². The molecule has 3 aromatic heterocycles. The summed E-state index contributed by atoms with van der Waals surface area (Å²) in [6.45, 7) is 0. The van der Waals surface area contributed by atoms with Crippen molar-refractivity contribution >= 4 is 43.6 Å². The topological polar surface area (TPSA) is 48.5 Å². The smallest absolute Gasteiger partial charge is 0.240 e. The fraction of sp³-hybridized carbons (Fsp3) is 0. The van der Waals surface area contributed by atoms with E-state index in [1.54, 1.807) is 0 Å². The van der Waals surface area contributed by atoms with Crippen molar-refractivity contribution in [1.29, 1.82) is 0 Å². The van der Waals surface area contributed by atoms with Crippen molar-refractivity contribution in [2.75, 3.05) is 0 Å². The summed E-state index contributed by atoms with van der Waals surface area (Å²) in [6, 6.07) is 79.4. The van der Waals surface area contributed by atoms with Gasteiger partial charge >= 0.3 is 0 Å². The molecule has 0 radical (unpaired) electrons. The zero-order valence-electron chi connectivity index (χ0n) is 33.6. The minimum Gasteiger partial charge on any atom is -0.278 e. The molecule has 0 saturated carbocycles. The lowest BCUT2D eigenvalue weighted by molar-refractivity contribution is 0.893. The molecule has 0 fully saturated rings. The first-order valence-corrected chi connectivity index (χ1v) is 20.9. The molecule has 0 amide bonds. The summed E-state index contributed by atoms with van der Waals surface area (Å²) in [6.07, 6.45) is 0. The normalized spacial score (nSPS) is 11.5. The van der Waals surface area contributed by atoms with Crippen LogP contribution < -0.4 is 0 Å². The third-order valence-corrected chi connectivity index (χ3v) is 12.0. The van der Waals surface area contributed by atoms with Gasteiger partial charge in [0.25, 0.3) is 0 Å². The monoisotopic (exact) mass is 791 g/mol. The molecule has 5 nitrogen and oxygen atoms in total. The Labute approximate surface area is 358 Å². The molecule has 290 valence electrons. The number of rotatable bonds is 7. The highest BCUT2D eigenvalue weighted by atomic mass is 15.3. The van der Waals surface area contributed by atoms with Crippen molar-refractivity contribution in [2.24, 2.45) is 0 Å². The largest absolute Gasteiger partial charge is 0.278 e. The van der Waals surface area contributed by atoms with Crippen LogP contribution in [-0.4, -0.2) is 24.1 Å². The van der Waals surface area contributed by atoms with Gasteiger partial charge in [-0.3, -0.25) is 9.13 Å². The van der Waals surface area contributed by atoms with Gasteiger partial charge < -0.3 is 0 Å². The van der Waals surface area contributed by atoms with Crippen molar-refractivity contribution in [3.05, 3.63) is 224 Å². The molecule has 12 aromatic rings. The van der Waals surface area contributed by atoms with Crippen molar-refractivity contribution in [2.45, 2.75) is 0 Å². The van der Waals surface area contributed by atoms with E-state index >= 15 is 0 Å². The second-order valence-electron chi connectivity index (χ2n) is 15.7. The molecular weight excluding hydrogens is 755 g/mol. The van der Waals surface area contributed by atoms with Crippen molar-refractivity contribution < 1.29 is 0 Å². The molecule has 0 unspecified atom stereocenters. The van der Waals surface area contributed by atoms with Gasteiger partial charge in [0.2, 0.25) is 11.9 Å². The average molecular weight is 792 g/mol. The molecule has 0 aliphatic carbocycles. The van der Waals surface area contributed by atoms with Gasteiger partial charge in [0, 0.05) is 27.1 Å². The molecule has 0 aliphatic heterocycles. The molecule has 0 aliphatic rings.